The molecule has 0 fully saturated rings. The summed E-state index contributed by atoms with van der Waals surface area (Å²) in [6, 6.07) is 12.2. The number of halogens is 2. The summed E-state index contributed by atoms with van der Waals surface area (Å²) < 4.78 is 7.02. The van der Waals surface area contributed by atoms with Crippen LogP contribution < -0.4 is 28.1 Å². The third kappa shape index (κ3) is 4.69. The first-order valence-corrected chi connectivity index (χ1v) is 14.8. The maximum atomic E-state index is 4.80. The molecule has 0 aliphatic heterocycles. The van der Waals surface area contributed by atoms with Crippen LogP contribution in [0.3, 0.4) is 0 Å². The van der Waals surface area contributed by atoms with Gasteiger partial charge >= 0.3 is 179 Å². The van der Waals surface area contributed by atoms with Crippen LogP contribution in [0.25, 0.3) is 11.1 Å². The van der Waals surface area contributed by atoms with Gasteiger partial charge in [0.05, 0.1) is 0 Å². The zero-order valence-corrected chi connectivity index (χ0v) is 22.9. The number of hydrogen-bond acceptors (Lipinski definition) is 0. The van der Waals surface area contributed by atoms with Crippen LogP contribution in [-0.2, 0) is 38.5 Å². The molecule has 2 aliphatic rings. The molecule has 0 unspecified atom stereocenters. The largest absolute Gasteiger partial charge is 1.00 e. The smallest absolute Gasteiger partial charge is 1.00 e. The molecule has 0 saturated heterocycles. The monoisotopic (exact) mass is 516 g/mol. The van der Waals surface area contributed by atoms with Crippen LogP contribution in [0.15, 0.2) is 54.6 Å². The summed E-state index contributed by atoms with van der Waals surface area (Å²) in [4.78, 5) is 0. The minimum atomic E-state index is -2.03. The van der Waals surface area contributed by atoms with Gasteiger partial charge in [0, 0.05) is 0 Å². The Bertz CT molecular complexity index is 1020. The van der Waals surface area contributed by atoms with Gasteiger partial charge in [0.1, 0.15) is 0 Å². The van der Waals surface area contributed by atoms with Gasteiger partial charge in [0.15, 0.2) is 0 Å². The van der Waals surface area contributed by atoms with E-state index in [1.165, 1.54) is 27.8 Å². The second-order valence-corrected chi connectivity index (χ2v) is 16.0. The van der Waals surface area contributed by atoms with Crippen molar-refractivity contribution in [2.24, 2.45) is 0 Å². The summed E-state index contributed by atoms with van der Waals surface area (Å²) in [5.41, 5.74) is 9.23. The maximum Gasteiger partial charge on any atom is -1.00 e. The number of rotatable bonds is 2. The van der Waals surface area contributed by atoms with Crippen molar-refractivity contribution < 1.29 is 46.1 Å². The van der Waals surface area contributed by atoms with Crippen LogP contribution in [0.2, 0.25) is 3.63 Å². The normalized spacial score (nSPS) is 14.4. The topological polar surface area (TPSA) is 0 Å². The first-order valence-electron chi connectivity index (χ1n) is 10.4. The first kappa shape index (κ1) is 25.5. The maximum absolute atomic E-state index is 4.80. The molecule has 0 spiro atoms. The van der Waals surface area contributed by atoms with Gasteiger partial charge in [0.2, 0.25) is 0 Å². The molecule has 2 aliphatic carbocycles. The zero-order chi connectivity index (χ0) is 20.3. The molecule has 0 N–H and O–H groups in total. The van der Waals surface area contributed by atoms with Crippen molar-refractivity contribution in [1.82, 2.24) is 0 Å². The number of allylic oxidation sites excluding steroid dienone is 4. The van der Waals surface area contributed by atoms with E-state index in [-0.39, 0.29) is 35.6 Å². The summed E-state index contributed by atoms with van der Waals surface area (Å²) in [5.74, 6) is 0. The van der Waals surface area contributed by atoms with Gasteiger partial charge in [0.25, 0.3) is 0 Å². The van der Waals surface area contributed by atoms with Crippen molar-refractivity contribution >= 4 is 7.48 Å². The average molecular weight is 519 g/mol. The Kier molecular flexibility index (Phi) is 7.66. The van der Waals surface area contributed by atoms with Gasteiger partial charge in [-0.25, -0.2) is 0 Å². The van der Waals surface area contributed by atoms with Gasteiger partial charge in [-0.05, 0) is 0 Å². The van der Waals surface area contributed by atoms with E-state index in [4.69, 9.17) is 4.21 Å². The molecule has 3 heteroatoms. The predicted octanol–water partition coefficient (Wildman–Crippen LogP) is 0.451. The van der Waals surface area contributed by atoms with E-state index < -0.39 is 21.3 Å². The van der Waals surface area contributed by atoms with E-state index in [0.717, 1.165) is 6.42 Å². The van der Waals surface area contributed by atoms with Crippen molar-refractivity contribution in [3.05, 3.63) is 76.9 Å². The number of benzene rings is 2. The third-order valence-corrected chi connectivity index (χ3v) is 12.0. The Morgan fingerprint density at radius 1 is 0.800 bits per heavy atom. The van der Waals surface area contributed by atoms with Crippen molar-refractivity contribution in [3.8, 4) is 11.1 Å². The van der Waals surface area contributed by atoms with Gasteiger partial charge in [-0.3, -0.25) is 0 Å². The zero-order valence-electron chi connectivity index (χ0n) is 18.9. The molecule has 0 radical (unpaired) electrons. The standard InChI is InChI=1S/C21H25.C5H5.CH2.2ClH.Zr/c1-20(2,3)16-9-7-14-11-15-8-10-17(21(4,5)6)13-19(15)18(14)12-16;1-2-4-5-3-1;;;;/h7,9-10,12-13H,11H2,1-6H3;1-5H;1H2;2*1H;/q;;;;;+2/p-2. The molecule has 2 aromatic rings. The van der Waals surface area contributed by atoms with E-state index in [9.17, 15) is 0 Å². The molecule has 0 heterocycles. The Labute approximate surface area is 202 Å². The van der Waals surface area contributed by atoms with Gasteiger partial charge in [-0.15, -0.1) is 0 Å². The predicted molar refractivity (Wildman–Crippen MR) is 121 cm³/mol. The van der Waals surface area contributed by atoms with Crippen LogP contribution >= 0.6 is 0 Å². The van der Waals surface area contributed by atoms with E-state index >= 15 is 0 Å². The van der Waals surface area contributed by atoms with E-state index in [2.05, 4.69) is 96.2 Å². The first-order chi connectivity index (χ1) is 13.1. The van der Waals surface area contributed by atoms with Crippen LogP contribution in [0.5, 0.6) is 0 Å². The summed E-state index contributed by atoms with van der Waals surface area (Å²) in [7, 11) is 0. The molecule has 0 atom stereocenters. The van der Waals surface area contributed by atoms with Crippen LogP contribution in [0.4, 0.5) is 0 Å². The van der Waals surface area contributed by atoms with Crippen molar-refractivity contribution in [1.29, 1.82) is 0 Å². The van der Waals surface area contributed by atoms with Crippen LogP contribution in [-0.4, -0.2) is 4.21 Å². The molecule has 0 nitrogen and oxygen atoms in total. The van der Waals surface area contributed by atoms with Crippen LogP contribution in [0, 0.1) is 0 Å². The summed E-state index contributed by atoms with van der Waals surface area (Å²) in [6.07, 6.45) is 10.2. The molecule has 0 amide bonds. The molecule has 0 bridgehead atoms. The van der Waals surface area contributed by atoms with Gasteiger partial charge < -0.3 is 24.8 Å². The molecular formula is C27H32Cl2Zr. The minimum absolute atomic E-state index is 0. The Morgan fingerprint density at radius 2 is 1.37 bits per heavy atom. The fourth-order valence-corrected chi connectivity index (χ4v) is 9.21. The second kappa shape index (κ2) is 9.01. The molecule has 4 rings (SSSR count). The minimum Gasteiger partial charge on any atom is -1.00 e. The van der Waals surface area contributed by atoms with Crippen molar-refractivity contribution in [2.75, 3.05) is 0 Å². The van der Waals surface area contributed by atoms with Crippen molar-refractivity contribution in [3.63, 3.8) is 0 Å². The fourth-order valence-electron chi connectivity index (χ4n) is 4.30. The van der Waals surface area contributed by atoms with Gasteiger partial charge in [-0.2, -0.15) is 0 Å². The summed E-state index contributed by atoms with van der Waals surface area (Å²) in [6.45, 7) is 13.9. The third-order valence-electron chi connectivity index (χ3n) is 6.25. The van der Waals surface area contributed by atoms with E-state index in [1.54, 1.807) is 8.83 Å². The Morgan fingerprint density at radius 3 is 1.93 bits per heavy atom. The molecule has 0 aromatic heterocycles. The van der Waals surface area contributed by atoms with E-state index in [1.807, 2.05) is 0 Å². The van der Waals surface area contributed by atoms with Crippen molar-refractivity contribution in [2.45, 2.75) is 62.4 Å². The summed E-state index contributed by atoms with van der Waals surface area (Å²) in [5, 5.41) is 0. The Balaban J connectivity index is 0.00000160. The molecular weight excluding hydrogens is 486 g/mol. The Hall–Kier alpha value is -0.747. The molecule has 158 valence electrons. The molecule has 30 heavy (non-hydrogen) atoms. The average Bonchev–Trinajstić information content (AvgIpc) is 3.26. The van der Waals surface area contributed by atoms with Crippen LogP contribution in [0.1, 0.15) is 63.8 Å². The van der Waals surface area contributed by atoms with Gasteiger partial charge in [-0.1, -0.05) is 0 Å². The number of fused-ring (bicyclic) bond motifs is 3. The fraction of sp³-hybridized carbons (Fsp3) is 0.370. The quantitative estimate of drug-likeness (QED) is 0.463. The number of hydrogen-bond donors (Lipinski definition) is 0. The second-order valence-electron chi connectivity index (χ2n) is 10.4. The SMILES string of the molecule is [CH2]=[Zr+2]([c]1cc(C(C)(C)C)cc2c1Cc1ccc(C(C)(C)C)cc1-2)[CH]1C=CC=C1.[Cl-].[Cl-]. The summed E-state index contributed by atoms with van der Waals surface area (Å²) >= 11 is -2.03. The molecule has 2 aromatic carbocycles. The van der Waals surface area contributed by atoms with E-state index in [0.29, 0.717) is 3.63 Å². The molecule has 0 saturated carbocycles.